The number of hydrogen-bond acceptors (Lipinski definition) is 3. The Morgan fingerprint density at radius 3 is 2.65 bits per heavy atom. The topological polar surface area (TPSA) is 74.8 Å². The van der Waals surface area contributed by atoms with E-state index in [9.17, 15) is 9.59 Å². The highest BCUT2D eigenvalue weighted by Crippen LogP contribution is 2.06. The van der Waals surface area contributed by atoms with Gasteiger partial charge in [-0.1, -0.05) is 0 Å². The Morgan fingerprint density at radius 1 is 1.29 bits per heavy atom. The fourth-order valence-corrected chi connectivity index (χ4v) is 1.45. The van der Waals surface area contributed by atoms with Gasteiger partial charge in [0, 0.05) is 35.4 Å². The first-order chi connectivity index (χ1) is 8.15. The van der Waals surface area contributed by atoms with E-state index in [0.29, 0.717) is 16.9 Å². The van der Waals surface area contributed by atoms with E-state index >= 15 is 0 Å². The molecule has 1 amide bonds. The summed E-state index contributed by atoms with van der Waals surface area (Å²) < 4.78 is 0. The number of nitrogens with zero attached hydrogens (tertiary/aromatic N) is 1. The van der Waals surface area contributed by atoms with E-state index in [1.807, 2.05) is 0 Å². The van der Waals surface area contributed by atoms with Gasteiger partial charge in [-0.2, -0.15) is 0 Å². The van der Waals surface area contributed by atoms with Gasteiger partial charge in [0.25, 0.3) is 5.91 Å². The van der Waals surface area contributed by atoms with Gasteiger partial charge in [-0.25, -0.2) is 0 Å². The number of aryl methyl sites for hydroxylation is 1. The maximum atomic E-state index is 11.8. The number of nitrogens with one attached hydrogen (secondary N) is 2. The molecule has 5 heteroatoms. The van der Waals surface area contributed by atoms with E-state index in [-0.39, 0.29) is 11.5 Å². The molecule has 86 valence electrons. The number of rotatable bonds is 2. The quantitative estimate of drug-likeness (QED) is 0.815. The zero-order valence-electron chi connectivity index (χ0n) is 9.23. The number of aromatic nitrogens is 2. The minimum Gasteiger partial charge on any atom is -0.326 e. The molecule has 0 spiro atoms. The molecule has 2 N–H and O–H groups in total. The molecule has 0 aliphatic carbocycles. The molecule has 2 aromatic rings. The Kier molecular flexibility index (Phi) is 3.00. The zero-order chi connectivity index (χ0) is 12.3. The number of carbonyl (C=O) groups is 1. The van der Waals surface area contributed by atoms with Gasteiger partial charge in [-0.15, -0.1) is 0 Å². The Labute approximate surface area is 97.5 Å². The van der Waals surface area contributed by atoms with Gasteiger partial charge in [0.2, 0.25) is 5.56 Å². The summed E-state index contributed by atoms with van der Waals surface area (Å²) in [5, 5.41) is 2.68. The van der Waals surface area contributed by atoms with Crippen LogP contribution >= 0.6 is 0 Å². The summed E-state index contributed by atoms with van der Waals surface area (Å²) >= 11 is 0. The minimum atomic E-state index is -0.314. The molecule has 0 fully saturated rings. The molecule has 2 heterocycles. The number of amides is 1. The van der Waals surface area contributed by atoms with Crippen LogP contribution in [0.25, 0.3) is 0 Å². The minimum absolute atomic E-state index is 0.287. The predicted octanol–water partition coefficient (Wildman–Crippen LogP) is 1.33. The second kappa shape index (κ2) is 4.61. The second-order valence-corrected chi connectivity index (χ2v) is 3.61. The monoisotopic (exact) mass is 229 g/mol. The van der Waals surface area contributed by atoms with Crippen molar-refractivity contribution in [3.8, 4) is 0 Å². The average Bonchev–Trinajstić information content (AvgIpc) is 2.29. The smallest absolute Gasteiger partial charge is 0.255 e. The Hall–Kier alpha value is -2.43. The standard InChI is InChI=1S/C12H11N3O2/c1-8-6-9(7-11(16)14-8)12(17)15-10-2-4-13-5-3-10/h2-7H,1H3,(H,14,16)(H,13,15,17). The highest BCUT2D eigenvalue weighted by atomic mass is 16.2. The molecule has 0 saturated heterocycles. The number of aromatic amines is 1. The SMILES string of the molecule is Cc1cc(C(=O)Nc2ccncc2)cc(=O)[nH]1. The lowest BCUT2D eigenvalue weighted by atomic mass is 10.2. The Bertz CT molecular complexity index is 590. The molecule has 2 aromatic heterocycles. The first kappa shape index (κ1) is 11.1. The summed E-state index contributed by atoms with van der Waals surface area (Å²) in [5.74, 6) is -0.314. The van der Waals surface area contributed by atoms with Gasteiger partial charge in [-0.3, -0.25) is 14.6 Å². The Morgan fingerprint density at radius 2 is 2.00 bits per heavy atom. The third-order valence-electron chi connectivity index (χ3n) is 2.18. The predicted molar refractivity (Wildman–Crippen MR) is 64.0 cm³/mol. The highest BCUT2D eigenvalue weighted by molar-refractivity contribution is 6.04. The van der Waals surface area contributed by atoms with E-state index in [1.54, 1.807) is 37.5 Å². The summed E-state index contributed by atoms with van der Waals surface area (Å²) in [6.07, 6.45) is 3.16. The van der Waals surface area contributed by atoms with Crippen molar-refractivity contribution in [2.75, 3.05) is 5.32 Å². The van der Waals surface area contributed by atoms with Gasteiger partial charge in [0.1, 0.15) is 0 Å². The number of hydrogen-bond donors (Lipinski definition) is 2. The van der Waals surface area contributed by atoms with Crippen LogP contribution in [-0.4, -0.2) is 15.9 Å². The summed E-state index contributed by atoms with van der Waals surface area (Å²) in [4.78, 5) is 29.5. The molecule has 0 radical (unpaired) electrons. The van der Waals surface area contributed by atoms with Crippen molar-refractivity contribution >= 4 is 11.6 Å². The molecule has 0 aromatic carbocycles. The van der Waals surface area contributed by atoms with Crippen molar-refractivity contribution in [2.45, 2.75) is 6.92 Å². The van der Waals surface area contributed by atoms with Gasteiger partial charge >= 0.3 is 0 Å². The third kappa shape index (κ3) is 2.78. The molecule has 5 nitrogen and oxygen atoms in total. The van der Waals surface area contributed by atoms with Gasteiger partial charge in [0.05, 0.1) is 0 Å². The fourth-order valence-electron chi connectivity index (χ4n) is 1.45. The van der Waals surface area contributed by atoms with Crippen LogP contribution in [0.3, 0.4) is 0 Å². The van der Waals surface area contributed by atoms with E-state index in [0.717, 1.165) is 0 Å². The second-order valence-electron chi connectivity index (χ2n) is 3.61. The summed E-state index contributed by atoms with van der Waals surface area (Å²) in [5.41, 5.74) is 1.34. The molecule has 0 aliphatic heterocycles. The maximum Gasteiger partial charge on any atom is 0.255 e. The summed E-state index contributed by atoms with van der Waals surface area (Å²) in [6.45, 7) is 1.73. The molecule has 0 unspecified atom stereocenters. The van der Waals surface area contributed by atoms with Crippen LogP contribution in [0.1, 0.15) is 16.1 Å². The normalized spacial score (nSPS) is 9.94. The van der Waals surface area contributed by atoms with E-state index in [2.05, 4.69) is 15.3 Å². The number of H-pyrrole nitrogens is 1. The first-order valence-electron chi connectivity index (χ1n) is 5.07. The van der Waals surface area contributed by atoms with Crippen molar-refractivity contribution in [3.63, 3.8) is 0 Å². The van der Waals surface area contributed by atoms with Crippen molar-refractivity contribution in [3.05, 3.63) is 58.3 Å². The summed E-state index contributed by atoms with van der Waals surface area (Å²) in [6, 6.07) is 6.25. The van der Waals surface area contributed by atoms with Gasteiger partial charge < -0.3 is 10.3 Å². The van der Waals surface area contributed by atoms with Crippen LogP contribution in [-0.2, 0) is 0 Å². The molecule has 0 atom stereocenters. The zero-order valence-corrected chi connectivity index (χ0v) is 9.23. The third-order valence-corrected chi connectivity index (χ3v) is 2.18. The molecular formula is C12H11N3O2. The van der Waals surface area contributed by atoms with E-state index < -0.39 is 0 Å². The van der Waals surface area contributed by atoms with Crippen LogP contribution in [0.4, 0.5) is 5.69 Å². The lowest BCUT2D eigenvalue weighted by molar-refractivity contribution is 0.102. The van der Waals surface area contributed by atoms with Crippen molar-refractivity contribution in [1.29, 1.82) is 0 Å². The fraction of sp³-hybridized carbons (Fsp3) is 0.0833. The van der Waals surface area contributed by atoms with Crippen molar-refractivity contribution in [1.82, 2.24) is 9.97 Å². The number of pyridine rings is 2. The Balaban J connectivity index is 2.23. The van der Waals surface area contributed by atoms with Crippen LogP contribution in [0.15, 0.2) is 41.5 Å². The van der Waals surface area contributed by atoms with E-state index in [4.69, 9.17) is 0 Å². The lowest BCUT2D eigenvalue weighted by Gasteiger charge is -2.04. The molecule has 0 aliphatic rings. The molecular weight excluding hydrogens is 218 g/mol. The molecule has 2 rings (SSSR count). The van der Waals surface area contributed by atoms with Crippen LogP contribution in [0, 0.1) is 6.92 Å². The average molecular weight is 229 g/mol. The maximum absolute atomic E-state index is 11.8. The molecule has 0 saturated carbocycles. The van der Waals surface area contributed by atoms with Crippen LogP contribution < -0.4 is 10.9 Å². The number of carbonyl (C=O) groups excluding carboxylic acids is 1. The molecule has 17 heavy (non-hydrogen) atoms. The van der Waals surface area contributed by atoms with Crippen molar-refractivity contribution < 1.29 is 4.79 Å². The summed E-state index contributed by atoms with van der Waals surface area (Å²) in [7, 11) is 0. The molecule has 0 bridgehead atoms. The largest absolute Gasteiger partial charge is 0.326 e. The van der Waals surface area contributed by atoms with Crippen LogP contribution in [0.2, 0.25) is 0 Å². The highest BCUT2D eigenvalue weighted by Gasteiger charge is 2.07. The van der Waals surface area contributed by atoms with E-state index in [1.165, 1.54) is 6.07 Å². The van der Waals surface area contributed by atoms with Gasteiger partial charge in [-0.05, 0) is 25.1 Å². The van der Waals surface area contributed by atoms with Crippen LogP contribution in [0.5, 0.6) is 0 Å². The first-order valence-corrected chi connectivity index (χ1v) is 5.07. The number of anilines is 1. The van der Waals surface area contributed by atoms with Crippen molar-refractivity contribution in [2.24, 2.45) is 0 Å². The lowest BCUT2D eigenvalue weighted by Crippen LogP contribution is -2.16. The van der Waals surface area contributed by atoms with Gasteiger partial charge in [0.15, 0.2) is 0 Å².